The Bertz CT molecular complexity index is 1690. The third-order valence-corrected chi connectivity index (χ3v) is 8.19. The van der Waals surface area contributed by atoms with Gasteiger partial charge in [0.15, 0.2) is 5.65 Å². The van der Waals surface area contributed by atoms with E-state index in [1.807, 2.05) is 30.3 Å². The molecule has 0 aliphatic carbocycles. The minimum Gasteiger partial charge on any atom is -0.508 e. The van der Waals surface area contributed by atoms with Crippen molar-refractivity contribution in [3.05, 3.63) is 97.0 Å². The van der Waals surface area contributed by atoms with Crippen LogP contribution in [0.4, 0.5) is 17.2 Å². The van der Waals surface area contributed by atoms with Crippen molar-refractivity contribution >= 4 is 50.0 Å². The predicted octanol–water partition coefficient (Wildman–Crippen LogP) is 6.55. The molecule has 2 aromatic heterocycles. The van der Waals surface area contributed by atoms with Gasteiger partial charge in [-0.05, 0) is 72.6 Å². The highest BCUT2D eigenvalue weighted by atomic mass is 32.2. The van der Waals surface area contributed by atoms with Crippen molar-refractivity contribution in [1.29, 1.82) is 0 Å². The van der Waals surface area contributed by atoms with Crippen LogP contribution in [0.3, 0.4) is 0 Å². The normalized spacial score (nSPS) is 11.6. The van der Waals surface area contributed by atoms with E-state index in [1.54, 1.807) is 54.6 Å². The van der Waals surface area contributed by atoms with E-state index in [-0.39, 0.29) is 16.6 Å². The highest BCUT2D eigenvalue weighted by Gasteiger charge is 2.16. The molecule has 2 heterocycles. The average Bonchev–Trinajstić information content (AvgIpc) is 2.91. The molecular formula is C28H25N5O3S2. The van der Waals surface area contributed by atoms with Gasteiger partial charge in [0.2, 0.25) is 0 Å². The van der Waals surface area contributed by atoms with Crippen molar-refractivity contribution in [3.63, 3.8) is 0 Å². The molecule has 192 valence electrons. The average molecular weight is 544 g/mol. The molecule has 10 heteroatoms. The van der Waals surface area contributed by atoms with Gasteiger partial charge in [-0.15, -0.1) is 0 Å². The van der Waals surface area contributed by atoms with Crippen LogP contribution >= 0.6 is 11.8 Å². The molecule has 3 aromatic carbocycles. The smallest absolute Gasteiger partial charge is 0.261 e. The van der Waals surface area contributed by atoms with Crippen LogP contribution in [0, 0.1) is 0 Å². The Morgan fingerprint density at radius 1 is 0.895 bits per heavy atom. The van der Waals surface area contributed by atoms with Crippen molar-refractivity contribution < 1.29 is 13.5 Å². The Morgan fingerprint density at radius 2 is 1.66 bits per heavy atom. The van der Waals surface area contributed by atoms with E-state index >= 15 is 0 Å². The maximum absolute atomic E-state index is 13.0. The summed E-state index contributed by atoms with van der Waals surface area (Å²) >= 11 is 1.47. The lowest BCUT2D eigenvalue weighted by Crippen LogP contribution is -2.13. The molecule has 0 bridgehead atoms. The fourth-order valence-corrected chi connectivity index (χ4v) is 5.69. The zero-order chi connectivity index (χ0) is 26.7. The number of hydrogen-bond donors (Lipinski definition) is 3. The van der Waals surface area contributed by atoms with Crippen LogP contribution in [-0.4, -0.2) is 28.5 Å². The molecule has 0 amide bonds. The second kappa shape index (κ2) is 10.7. The van der Waals surface area contributed by atoms with Crippen LogP contribution in [0.5, 0.6) is 5.75 Å². The van der Waals surface area contributed by atoms with E-state index < -0.39 is 10.0 Å². The number of nitrogens with zero attached hydrogens (tertiary/aromatic N) is 3. The minimum absolute atomic E-state index is 0.172. The van der Waals surface area contributed by atoms with Crippen molar-refractivity contribution in [2.45, 2.75) is 34.5 Å². The predicted molar refractivity (Wildman–Crippen MR) is 151 cm³/mol. The number of anilines is 3. The SMILES string of the molecule is CC(C)c1ccc2c(Nc3cc(NS(=O)(=O)c4ccccc4)ccc3Sc3ccc(O)cc3)ncnc2n1. The third-order valence-electron chi connectivity index (χ3n) is 5.71. The number of pyridine rings is 1. The highest BCUT2D eigenvalue weighted by molar-refractivity contribution is 7.99. The van der Waals surface area contributed by atoms with Gasteiger partial charge in [0.05, 0.1) is 21.7 Å². The van der Waals surface area contributed by atoms with Gasteiger partial charge in [0.25, 0.3) is 10.0 Å². The first-order chi connectivity index (χ1) is 18.3. The molecule has 3 N–H and O–H groups in total. The zero-order valence-corrected chi connectivity index (χ0v) is 22.3. The minimum atomic E-state index is -3.78. The second-order valence-electron chi connectivity index (χ2n) is 8.83. The number of nitrogens with one attached hydrogen (secondary N) is 2. The van der Waals surface area contributed by atoms with E-state index in [1.165, 1.54) is 18.1 Å². The first kappa shape index (κ1) is 25.5. The van der Waals surface area contributed by atoms with Crippen molar-refractivity contribution in [2.75, 3.05) is 10.0 Å². The summed E-state index contributed by atoms with van der Waals surface area (Å²) in [6.45, 7) is 4.15. The molecule has 0 fully saturated rings. The summed E-state index contributed by atoms with van der Waals surface area (Å²) in [6.07, 6.45) is 1.45. The van der Waals surface area contributed by atoms with Crippen molar-refractivity contribution in [2.24, 2.45) is 0 Å². The molecule has 0 atom stereocenters. The number of phenols is 1. The Hall–Kier alpha value is -4.15. The maximum Gasteiger partial charge on any atom is 0.261 e. The Labute approximate surface area is 225 Å². The first-order valence-corrected chi connectivity index (χ1v) is 14.2. The monoisotopic (exact) mass is 543 g/mol. The molecular weight excluding hydrogens is 518 g/mol. The van der Waals surface area contributed by atoms with Gasteiger partial charge in [-0.2, -0.15) is 0 Å². The molecule has 5 rings (SSSR count). The number of aromatic hydroxyl groups is 1. The summed E-state index contributed by atoms with van der Waals surface area (Å²) in [5, 5.41) is 13.8. The Morgan fingerprint density at radius 3 is 2.39 bits per heavy atom. The van der Waals surface area contributed by atoms with Crippen LogP contribution in [0.15, 0.2) is 106 Å². The first-order valence-electron chi connectivity index (χ1n) is 11.9. The second-order valence-corrected chi connectivity index (χ2v) is 11.6. The Kier molecular flexibility index (Phi) is 7.17. The molecule has 5 aromatic rings. The fraction of sp³-hybridized carbons (Fsp3) is 0.107. The van der Waals surface area contributed by atoms with Gasteiger partial charge in [-0.1, -0.05) is 43.8 Å². The maximum atomic E-state index is 13.0. The van der Waals surface area contributed by atoms with Gasteiger partial charge in [0.1, 0.15) is 17.9 Å². The fourth-order valence-electron chi connectivity index (χ4n) is 3.74. The summed E-state index contributed by atoms with van der Waals surface area (Å²) in [5.41, 5.74) is 2.54. The largest absolute Gasteiger partial charge is 0.508 e. The molecule has 0 spiro atoms. The quantitative estimate of drug-likeness (QED) is 0.202. The summed E-state index contributed by atoms with van der Waals surface area (Å²) in [5.74, 6) is 0.987. The number of hydrogen-bond acceptors (Lipinski definition) is 8. The molecule has 0 unspecified atom stereocenters. The molecule has 38 heavy (non-hydrogen) atoms. The summed E-state index contributed by atoms with van der Waals surface area (Å²) in [6, 6.07) is 24.2. The van der Waals surface area contributed by atoms with E-state index in [9.17, 15) is 13.5 Å². The third kappa shape index (κ3) is 5.71. The van der Waals surface area contributed by atoms with Crippen LogP contribution in [-0.2, 0) is 10.0 Å². The topological polar surface area (TPSA) is 117 Å². The number of benzene rings is 3. The molecule has 0 aliphatic heterocycles. The molecule has 0 aliphatic rings. The van der Waals surface area contributed by atoms with Gasteiger partial charge in [-0.25, -0.2) is 23.4 Å². The van der Waals surface area contributed by atoms with Crippen molar-refractivity contribution in [3.8, 4) is 5.75 Å². The van der Waals surface area contributed by atoms with E-state index in [2.05, 4.69) is 38.8 Å². The highest BCUT2D eigenvalue weighted by Crippen LogP contribution is 2.38. The van der Waals surface area contributed by atoms with E-state index in [0.717, 1.165) is 20.9 Å². The number of sulfonamides is 1. The van der Waals surface area contributed by atoms with E-state index in [4.69, 9.17) is 0 Å². The van der Waals surface area contributed by atoms with Gasteiger partial charge >= 0.3 is 0 Å². The summed E-state index contributed by atoms with van der Waals surface area (Å²) in [4.78, 5) is 15.4. The van der Waals surface area contributed by atoms with Gasteiger partial charge in [0, 0.05) is 15.5 Å². The standard InChI is InChI=1S/C28H25N5O3S2/c1-18(2)24-14-13-23-27(31-24)29-17-30-28(23)32-25-16-19(33-38(35,36)22-6-4-3-5-7-22)8-15-26(25)37-21-11-9-20(34)10-12-21/h3-18,33-34H,1-2H3,(H,29,30,31,32). The number of aromatic nitrogens is 3. The molecule has 8 nitrogen and oxygen atoms in total. The summed E-state index contributed by atoms with van der Waals surface area (Å²) in [7, 11) is -3.78. The zero-order valence-electron chi connectivity index (χ0n) is 20.7. The lowest BCUT2D eigenvalue weighted by Gasteiger charge is -2.16. The van der Waals surface area contributed by atoms with Gasteiger partial charge < -0.3 is 10.4 Å². The van der Waals surface area contributed by atoms with Crippen LogP contribution < -0.4 is 10.0 Å². The summed E-state index contributed by atoms with van der Waals surface area (Å²) < 4.78 is 28.6. The number of fused-ring (bicyclic) bond motifs is 1. The van der Waals surface area contributed by atoms with Crippen molar-refractivity contribution in [1.82, 2.24) is 15.0 Å². The number of rotatable bonds is 8. The molecule has 0 saturated heterocycles. The van der Waals surface area contributed by atoms with Gasteiger partial charge in [-0.3, -0.25) is 4.72 Å². The molecule has 0 radical (unpaired) electrons. The van der Waals surface area contributed by atoms with Crippen LogP contribution in [0.1, 0.15) is 25.5 Å². The Balaban J connectivity index is 1.54. The number of phenolic OH excluding ortho intramolecular Hbond substituents is 1. The molecule has 0 saturated carbocycles. The van der Waals surface area contributed by atoms with Crippen LogP contribution in [0.2, 0.25) is 0 Å². The van der Waals surface area contributed by atoms with E-state index in [0.29, 0.717) is 22.8 Å². The lowest BCUT2D eigenvalue weighted by molar-refractivity contribution is 0.475. The van der Waals surface area contributed by atoms with Crippen LogP contribution in [0.25, 0.3) is 11.0 Å². The lowest BCUT2D eigenvalue weighted by atomic mass is 10.1.